The molecule has 5 N–H and O–H groups in total. The van der Waals surface area contributed by atoms with Crippen LogP contribution in [0.4, 0.5) is 11.4 Å². The number of anilines is 2. The summed E-state index contributed by atoms with van der Waals surface area (Å²) < 4.78 is 40.8. The van der Waals surface area contributed by atoms with Crippen LogP contribution >= 0.6 is 0 Å². The molecule has 2 aromatic heterocycles. The highest BCUT2D eigenvalue weighted by Crippen LogP contribution is 2.33. The van der Waals surface area contributed by atoms with Crippen molar-refractivity contribution in [1.29, 1.82) is 0 Å². The second-order valence-corrected chi connectivity index (χ2v) is 11.2. The Labute approximate surface area is 292 Å². The SMILES string of the molecule is Nc1ccccc1C1OC=C(OCCC[n+]2ccn(CCCCc3[nH]cc[n+]3CCCOC3=COC(c4ccccc4N)O3)c2)O1.[Cl-].[Cl-]. The van der Waals surface area contributed by atoms with E-state index in [0.717, 1.165) is 62.9 Å². The molecule has 258 valence electrons. The number of nitrogens with zero attached hydrogens (tertiary/aromatic N) is 3. The van der Waals surface area contributed by atoms with Crippen LogP contribution in [0.25, 0.3) is 0 Å². The minimum atomic E-state index is -0.570. The molecule has 0 radical (unpaired) electrons. The number of halogens is 2. The first kappa shape index (κ1) is 36.2. The summed E-state index contributed by atoms with van der Waals surface area (Å²) in [5.41, 5.74) is 14.9. The minimum absolute atomic E-state index is 0. The third-order valence-electron chi connectivity index (χ3n) is 7.79. The second kappa shape index (κ2) is 18.0. The van der Waals surface area contributed by atoms with Crippen LogP contribution in [0, 0.1) is 0 Å². The Hall–Kier alpha value is -4.68. The molecule has 48 heavy (non-hydrogen) atoms. The van der Waals surface area contributed by atoms with E-state index in [1.54, 1.807) is 0 Å². The van der Waals surface area contributed by atoms with Crippen LogP contribution in [0.3, 0.4) is 0 Å². The number of aryl methyl sites for hydroxylation is 4. The molecule has 0 saturated carbocycles. The number of imidazole rings is 2. The number of unbranched alkanes of at least 4 members (excludes halogenated alkanes) is 1. The molecule has 0 aliphatic carbocycles. The number of rotatable bonds is 17. The smallest absolute Gasteiger partial charge is 0.319 e. The third-order valence-corrected chi connectivity index (χ3v) is 7.79. The number of hydrogen-bond donors (Lipinski definition) is 3. The van der Waals surface area contributed by atoms with Crippen molar-refractivity contribution in [2.75, 3.05) is 24.7 Å². The van der Waals surface area contributed by atoms with Crippen molar-refractivity contribution in [1.82, 2.24) is 9.55 Å². The number of H-pyrrole nitrogens is 1. The molecular formula is C34H42Cl2N6O6. The summed E-state index contributed by atoms with van der Waals surface area (Å²) in [5.74, 6) is 1.97. The van der Waals surface area contributed by atoms with E-state index >= 15 is 0 Å². The van der Waals surface area contributed by atoms with Gasteiger partial charge in [-0.25, -0.2) is 18.7 Å². The molecule has 0 saturated heterocycles. The van der Waals surface area contributed by atoms with E-state index in [1.807, 2.05) is 54.7 Å². The molecule has 0 fully saturated rings. The van der Waals surface area contributed by atoms with Crippen molar-refractivity contribution in [2.24, 2.45) is 0 Å². The largest absolute Gasteiger partial charge is 1.00 e. The summed E-state index contributed by atoms with van der Waals surface area (Å²) in [7, 11) is 0. The molecule has 4 aromatic rings. The fourth-order valence-electron chi connectivity index (χ4n) is 5.36. The van der Waals surface area contributed by atoms with Gasteiger partial charge in [-0.2, -0.15) is 0 Å². The number of aromatic nitrogens is 4. The van der Waals surface area contributed by atoms with Gasteiger partial charge in [0.25, 0.3) is 18.4 Å². The molecule has 0 bridgehead atoms. The number of ether oxygens (including phenoxy) is 6. The highest BCUT2D eigenvalue weighted by atomic mass is 35.5. The maximum Gasteiger partial charge on any atom is 0.319 e. The van der Waals surface area contributed by atoms with Crippen LogP contribution in [-0.2, 0) is 54.5 Å². The molecule has 2 unspecified atom stereocenters. The van der Waals surface area contributed by atoms with E-state index < -0.39 is 12.6 Å². The van der Waals surface area contributed by atoms with Crippen LogP contribution in [0.2, 0.25) is 0 Å². The number of benzene rings is 2. The molecule has 2 aromatic carbocycles. The van der Waals surface area contributed by atoms with Crippen molar-refractivity contribution < 1.29 is 62.4 Å². The van der Waals surface area contributed by atoms with Crippen molar-refractivity contribution in [3.05, 3.63) is 121 Å². The Bertz CT molecular complexity index is 1640. The van der Waals surface area contributed by atoms with Crippen LogP contribution in [0.1, 0.15) is 55.2 Å². The van der Waals surface area contributed by atoms with E-state index in [9.17, 15) is 0 Å². The Kier molecular flexibility index (Phi) is 13.6. The number of aromatic amines is 1. The van der Waals surface area contributed by atoms with Gasteiger partial charge in [-0.3, -0.25) is 0 Å². The monoisotopic (exact) mass is 700 g/mol. The van der Waals surface area contributed by atoms with Gasteiger partial charge in [-0.1, -0.05) is 24.3 Å². The molecule has 6 rings (SSSR count). The topological polar surface area (TPSA) is 136 Å². The molecular weight excluding hydrogens is 659 g/mol. The zero-order valence-electron chi connectivity index (χ0n) is 26.6. The van der Waals surface area contributed by atoms with Gasteiger partial charge >= 0.3 is 11.9 Å². The summed E-state index contributed by atoms with van der Waals surface area (Å²) in [6.07, 6.45) is 17.1. The molecule has 2 atom stereocenters. The standard InChI is InChI=1S/C34H41N6O6.2ClH/c35-28-11-3-1-9-26(28)33-43-23-31(45-33)41-21-7-16-39-20-19-38(25-39)15-6-5-13-30-37-14-18-40(30)17-8-22-42-32-24-44-34(46-32)27-10-2-4-12-29(27)36;;/h1-4,9-12,14,18-20,23-25,33-34H,5-8,13,15-17,21-22,35-36H2;2*1H/q+1;;/p-1. The van der Waals surface area contributed by atoms with E-state index in [1.165, 1.54) is 18.3 Å². The Morgan fingerprint density at radius 2 is 1.35 bits per heavy atom. The highest BCUT2D eigenvalue weighted by molar-refractivity contribution is 5.48. The van der Waals surface area contributed by atoms with Gasteiger partial charge in [-0.05, 0) is 37.1 Å². The second-order valence-electron chi connectivity index (χ2n) is 11.2. The van der Waals surface area contributed by atoms with Gasteiger partial charge in [0.2, 0.25) is 6.33 Å². The number of nitrogen functional groups attached to an aromatic ring is 2. The van der Waals surface area contributed by atoms with Crippen molar-refractivity contribution >= 4 is 11.4 Å². The lowest BCUT2D eigenvalue weighted by Crippen LogP contribution is -3.00. The number of nitrogens with one attached hydrogen (secondary N) is 1. The molecule has 0 amide bonds. The fraction of sp³-hybridized carbons (Fsp3) is 0.353. The predicted molar refractivity (Wildman–Crippen MR) is 167 cm³/mol. The van der Waals surface area contributed by atoms with Crippen LogP contribution < -0.4 is 45.4 Å². The quantitative estimate of drug-likeness (QED) is 0.0688. The Morgan fingerprint density at radius 3 is 1.98 bits per heavy atom. The average molecular weight is 702 g/mol. The molecule has 14 heteroatoms. The highest BCUT2D eigenvalue weighted by Gasteiger charge is 2.25. The summed E-state index contributed by atoms with van der Waals surface area (Å²) in [4.78, 5) is 3.39. The van der Waals surface area contributed by atoms with Gasteiger partial charge in [-0.15, -0.1) is 0 Å². The first-order valence-electron chi connectivity index (χ1n) is 15.7. The van der Waals surface area contributed by atoms with E-state index in [0.29, 0.717) is 36.5 Å². The molecule has 12 nitrogen and oxygen atoms in total. The van der Waals surface area contributed by atoms with Crippen LogP contribution in [0.5, 0.6) is 0 Å². The Balaban J connectivity index is 0.00000260. The van der Waals surface area contributed by atoms with E-state index in [-0.39, 0.29) is 24.8 Å². The molecule has 4 heterocycles. The van der Waals surface area contributed by atoms with Crippen molar-refractivity contribution in [3.8, 4) is 0 Å². The van der Waals surface area contributed by atoms with Gasteiger partial charge in [0.1, 0.15) is 24.8 Å². The molecule has 2 aliphatic rings. The predicted octanol–water partition coefficient (Wildman–Crippen LogP) is -1.51. The van der Waals surface area contributed by atoms with Gasteiger partial charge in [0.05, 0.1) is 44.0 Å². The van der Waals surface area contributed by atoms with Gasteiger partial charge in [0.15, 0.2) is 12.5 Å². The van der Waals surface area contributed by atoms with Crippen molar-refractivity contribution in [3.63, 3.8) is 0 Å². The summed E-state index contributed by atoms with van der Waals surface area (Å²) in [6.45, 7) is 3.71. The lowest BCUT2D eigenvalue weighted by atomic mass is 10.2. The maximum atomic E-state index is 6.02. The summed E-state index contributed by atoms with van der Waals surface area (Å²) in [6, 6.07) is 15.0. The third kappa shape index (κ3) is 9.68. The summed E-state index contributed by atoms with van der Waals surface area (Å²) >= 11 is 0. The average Bonchev–Trinajstić information content (AvgIpc) is 3.89. The minimum Gasteiger partial charge on any atom is -1.00 e. The molecule has 0 spiro atoms. The van der Waals surface area contributed by atoms with Gasteiger partial charge < -0.3 is 64.7 Å². The van der Waals surface area contributed by atoms with E-state index in [2.05, 4.69) is 43.6 Å². The zero-order valence-corrected chi connectivity index (χ0v) is 28.1. The first-order valence-corrected chi connectivity index (χ1v) is 15.7. The van der Waals surface area contributed by atoms with E-state index in [4.69, 9.17) is 39.9 Å². The zero-order chi connectivity index (χ0) is 31.6. The number of nitrogens with two attached hydrogens (primary N) is 2. The van der Waals surface area contributed by atoms with Crippen LogP contribution in [-0.4, -0.2) is 22.8 Å². The number of hydrogen-bond acceptors (Lipinski definition) is 8. The number of para-hydroxylation sites is 2. The lowest BCUT2D eigenvalue weighted by Gasteiger charge is -2.13. The summed E-state index contributed by atoms with van der Waals surface area (Å²) in [5, 5.41) is 0. The first-order chi connectivity index (χ1) is 22.6. The van der Waals surface area contributed by atoms with Crippen molar-refractivity contribution in [2.45, 2.75) is 64.3 Å². The molecule has 2 aliphatic heterocycles. The fourth-order valence-corrected chi connectivity index (χ4v) is 5.36. The maximum absolute atomic E-state index is 6.02. The lowest BCUT2D eigenvalue weighted by molar-refractivity contribution is -0.703. The Morgan fingerprint density at radius 1 is 0.750 bits per heavy atom. The normalized spacial score (nSPS) is 16.2. The van der Waals surface area contributed by atoms with Crippen LogP contribution in [0.15, 0.2) is 104 Å². The van der Waals surface area contributed by atoms with Gasteiger partial charge in [0, 0.05) is 30.6 Å².